The van der Waals surface area contributed by atoms with Gasteiger partial charge in [0, 0.05) is 5.69 Å². The maximum atomic E-state index is 12.0. The number of aliphatic carboxylic acids is 1. The molecule has 106 valence electrons. The molecule has 0 unspecified atom stereocenters. The zero-order valence-corrected chi connectivity index (χ0v) is 11.8. The lowest BCUT2D eigenvalue weighted by molar-refractivity contribution is -0.142. The Morgan fingerprint density at radius 2 is 2.11 bits per heavy atom. The van der Waals surface area contributed by atoms with Gasteiger partial charge in [-0.25, -0.2) is 4.79 Å². The molecule has 0 saturated heterocycles. The molecule has 1 amide bonds. The first-order valence-electron chi connectivity index (χ1n) is 6.33. The van der Waals surface area contributed by atoms with Gasteiger partial charge in [0.15, 0.2) is 0 Å². The molecule has 1 rings (SSSR count). The molecule has 0 fully saturated rings. The van der Waals surface area contributed by atoms with Gasteiger partial charge >= 0.3 is 5.97 Å². The van der Waals surface area contributed by atoms with Crippen LogP contribution in [0, 0.1) is 5.41 Å². The van der Waals surface area contributed by atoms with Crippen molar-refractivity contribution in [2.75, 3.05) is 0 Å². The maximum Gasteiger partial charge on any atom is 0.326 e. The number of amides is 1. The molecule has 1 aromatic rings. The van der Waals surface area contributed by atoms with Gasteiger partial charge in [-0.2, -0.15) is 5.10 Å². The number of carboxylic acid groups (broad SMARTS) is 1. The van der Waals surface area contributed by atoms with Crippen molar-refractivity contribution in [2.24, 2.45) is 5.41 Å². The van der Waals surface area contributed by atoms with Crippen molar-refractivity contribution in [1.82, 2.24) is 15.5 Å². The molecule has 0 aliphatic carbocycles. The van der Waals surface area contributed by atoms with E-state index in [1.54, 1.807) is 26.8 Å². The van der Waals surface area contributed by atoms with E-state index in [-0.39, 0.29) is 5.69 Å². The van der Waals surface area contributed by atoms with Gasteiger partial charge in [-0.15, -0.1) is 0 Å². The van der Waals surface area contributed by atoms with Crippen molar-refractivity contribution in [1.29, 1.82) is 0 Å². The molecule has 6 nitrogen and oxygen atoms in total. The van der Waals surface area contributed by atoms with Crippen LogP contribution in [0.1, 0.15) is 50.3 Å². The summed E-state index contributed by atoms with van der Waals surface area (Å²) in [4.78, 5) is 23.1. The highest BCUT2D eigenvalue weighted by molar-refractivity contribution is 5.95. The summed E-state index contributed by atoms with van der Waals surface area (Å²) in [5, 5.41) is 18.3. The Hall–Kier alpha value is -1.85. The molecule has 0 radical (unpaired) electrons. The number of hydrogen-bond acceptors (Lipinski definition) is 3. The third kappa shape index (κ3) is 4.08. The predicted molar refractivity (Wildman–Crippen MR) is 70.9 cm³/mol. The van der Waals surface area contributed by atoms with Gasteiger partial charge in [0.2, 0.25) is 0 Å². The van der Waals surface area contributed by atoms with Crippen LogP contribution < -0.4 is 5.32 Å². The number of hydrogen-bond donors (Lipinski definition) is 3. The van der Waals surface area contributed by atoms with Crippen LogP contribution in [-0.2, 0) is 11.2 Å². The largest absolute Gasteiger partial charge is 0.480 e. The molecule has 3 N–H and O–H groups in total. The van der Waals surface area contributed by atoms with E-state index in [4.69, 9.17) is 5.11 Å². The van der Waals surface area contributed by atoms with Gasteiger partial charge in [-0.3, -0.25) is 9.89 Å². The van der Waals surface area contributed by atoms with Crippen LogP contribution in [0.4, 0.5) is 0 Å². The SMILES string of the molecule is CCCc1cc(C(=O)N[C@H](C(=O)O)C(C)(C)C)n[nH]1. The van der Waals surface area contributed by atoms with Gasteiger partial charge in [0.25, 0.3) is 5.91 Å². The molecule has 0 bridgehead atoms. The molecule has 1 atom stereocenters. The van der Waals surface area contributed by atoms with Gasteiger partial charge < -0.3 is 10.4 Å². The van der Waals surface area contributed by atoms with E-state index >= 15 is 0 Å². The van der Waals surface area contributed by atoms with Crippen LogP contribution >= 0.6 is 0 Å². The molecule has 0 saturated carbocycles. The van der Waals surface area contributed by atoms with E-state index in [1.165, 1.54) is 0 Å². The highest BCUT2D eigenvalue weighted by Crippen LogP contribution is 2.19. The highest BCUT2D eigenvalue weighted by Gasteiger charge is 2.33. The molecule has 0 aromatic carbocycles. The number of nitrogens with zero attached hydrogens (tertiary/aromatic N) is 1. The molecule has 1 aromatic heterocycles. The molecule has 0 aliphatic heterocycles. The second kappa shape index (κ2) is 5.86. The summed E-state index contributed by atoms with van der Waals surface area (Å²) < 4.78 is 0. The molecule has 1 heterocycles. The molecular weight excluding hydrogens is 246 g/mol. The minimum atomic E-state index is -1.05. The average Bonchev–Trinajstić information content (AvgIpc) is 2.72. The zero-order chi connectivity index (χ0) is 14.6. The number of carbonyl (C=O) groups is 2. The zero-order valence-electron chi connectivity index (χ0n) is 11.8. The number of H-pyrrole nitrogens is 1. The lowest BCUT2D eigenvalue weighted by Crippen LogP contribution is -2.49. The minimum Gasteiger partial charge on any atom is -0.480 e. The summed E-state index contributed by atoms with van der Waals surface area (Å²) in [7, 11) is 0. The third-order valence-corrected chi connectivity index (χ3v) is 2.77. The van der Waals surface area contributed by atoms with E-state index in [9.17, 15) is 9.59 Å². The summed E-state index contributed by atoms with van der Waals surface area (Å²) in [6.45, 7) is 7.32. The Kier molecular flexibility index (Phi) is 4.69. The maximum absolute atomic E-state index is 12.0. The Balaban J connectivity index is 2.79. The lowest BCUT2D eigenvalue weighted by Gasteiger charge is -2.27. The van der Waals surface area contributed by atoms with Crippen molar-refractivity contribution in [2.45, 2.75) is 46.6 Å². The monoisotopic (exact) mass is 267 g/mol. The van der Waals surface area contributed by atoms with Crippen LogP contribution in [0.3, 0.4) is 0 Å². The molecular formula is C13H21N3O3. The van der Waals surface area contributed by atoms with Crippen molar-refractivity contribution in [3.63, 3.8) is 0 Å². The van der Waals surface area contributed by atoms with Crippen molar-refractivity contribution in [3.05, 3.63) is 17.5 Å². The van der Waals surface area contributed by atoms with Gasteiger partial charge in [0.05, 0.1) is 0 Å². The second-order valence-corrected chi connectivity index (χ2v) is 5.64. The van der Waals surface area contributed by atoms with Crippen molar-refractivity contribution >= 4 is 11.9 Å². The number of aromatic amines is 1. The first-order chi connectivity index (χ1) is 8.75. The predicted octanol–water partition coefficient (Wildman–Crippen LogP) is 1.59. The summed E-state index contributed by atoms with van der Waals surface area (Å²) in [6, 6.07) is 0.701. The Bertz CT molecular complexity index is 460. The summed E-state index contributed by atoms with van der Waals surface area (Å²) in [5.74, 6) is -1.52. The fourth-order valence-corrected chi connectivity index (χ4v) is 1.73. The smallest absolute Gasteiger partial charge is 0.326 e. The number of carbonyl (C=O) groups excluding carboxylic acids is 1. The van der Waals surface area contributed by atoms with Crippen molar-refractivity contribution < 1.29 is 14.7 Å². The molecule has 6 heteroatoms. The number of aryl methyl sites for hydroxylation is 1. The van der Waals surface area contributed by atoms with E-state index in [2.05, 4.69) is 15.5 Å². The summed E-state index contributed by atoms with van der Waals surface area (Å²) in [5.41, 5.74) is 0.526. The van der Waals surface area contributed by atoms with Gasteiger partial charge in [0.1, 0.15) is 11.7 Å². The van der Waals surface area contributed by atoms with Crippen LogP contribution in [0.25, 0.3) is 0 Å². The second-order valence-electron chi connectivity index (χ2n) is 5.64. The Morgan fingerprint density at radius 3 is 2.58 bits per heavy atom. The van der Waals surface area contributed by atoms with Gasteiger partial charge in [-0.1, -0.05) is 34.1 Å². The van der Waals surface area contributed by atoms with Crippen LogP contribution in [-0.4, -0.2) is 33.2 Å². The van der Waals surface area contributed by atoms with Crippen LogP contribution in [0.5, 0.6) is 0 Å². The molecule has 0 spiro atoms. The van der Waals surface area contributed by atoms with Crippen LogP contribution in [0.15, 0.2) is 6.07 Å². The lowest BCUT2D eigenvalue weighted by atomic mass is 9.86. The number of nitrogens with one attached hydrogen (secondary N) is 2. The number of rotatable bonds is 5. The van der Waals surface area contributed by atoms with E-state index in [0.717, 1.165) is 18.5 Å². The quantitative estimate of drug-likeness (QED) is 0.755. The normalized spacial score (nSPS) is 13.1. The fraction of sp³-hybridized carbons (Fsp3) is 0.615. The van der Waals surface area contributed by atoms with E-state index in [0.29, 0.717) is 0 Å². The Morgan fingerprint density at radius 1 is 1.47 bits per heavy atom. The Labute approximate surface area is 112 Å². The minimum absolute atomic E-state index is 0.221. The summed E-state index contributed by atoms with van der Waals surface area (Å²) >= 11 is 0. The molecule has 0 aliphatic rings. The van der Waals surface area contributed by atoms with Crippen molar-refractivity contribution in [3.8, 4) is 0 Å². The average molecular weight is 267 g/mol. The fourth-order valence-electron chi connectivity index (χ4n) is 1.73. The number of aromatic nitrogens is 2. The highest BCUT2D eigenvalue weighted by atomic mass is 16.4. The van der Waals surface area contributed by atoms with Gasteiger partial charge in [-0.05, 0) is 17.9 Å². The standard InChI is InChI=1S/C13H21N3O3/c1-5-6-8-7-9(16-15-8)11(17)14-10(12(18)19)13(2,3)4/h7,10H,5-6H2,1-4H3,(H,14,17)(H,15,16)(H,18,19)/t10-/m1/s1. The first-order valence-corrected chi connectivity index (χ1v) is 6.33. The van der Waals surface area contributed by atoms with Crippen LogP contribution in [0.2, 0.25) is 0 Å². The number of carboxylic acids is 1. The summed E-state index contributed by atoms with van der Waals surface area (Å²) in [6.07, 6.45) is 1.75. The van der Waals surface area contributed by atoms with E-state index < -0.39 is 23.3 Å². The van der Waals surface area contributed by atoms with E-state index in [1.807, 2.05) is 6.92 Å². The first kappa shape index (κ1) is 15.2. The topological polar surface area (TPSA) is 95.1 Å². The molecule has 19 heavy (non-hydrogen) atoms. The third-order valence-electron chi connectivity index (χ3n) is 2.77.